The SMILES string of the molecule is CC(C)(C)NC(=O)OCC(O)NCOC1CN(C(c2ccccc2)c2ccccc2)C1. The molecular formula is C24H33N3O4. The lowest BCUT2D eigenvalue weighted by atomic mass is 9.94. The highest BCUT2D eigenvalue weighted by Crippen LogP contribution is 2.32. The number of likely N-dealkylation sites (tertiary alicyclic amines) is 1. The van der Waals surface area contributed by atoms with Crippen LogP contribution in [0.4, 0.5) is 4.79 Å². The van der Waals surface area contributed by atoms with Crippen molar-refractivity contribution in [2.75, 3.05) is 26.4 Å². The molecule has 1 saturated heterocycles. The topological polar surface area (TPSA) is 83.1 Å². The summed E-state index contributed by atoms with van der Waals surface area (Å²) in [5, 5.41) is 15.4. The number of nitrogens with one attached hydrogen (secondary N) is 2. The third kappa shape index (κ3) is 7.33. The first-order valence-electron chi connectivity index (χ1n) is 10.6. The predicted molar refractivity (Wildman–Crippen MR) is 119 cm³/mol. The number of rotatable bonds is 9. The van der Waals surface area contributed by atoms with Gasteiger partial charge in [0.15, 0.2) is 0 Å². The lowest BCUT2D eigenvalue weighted by Crippen LogP contribution is -2.54. The van der Waals surface area contributed by atoms with Crippen LogP contribution in [0.2, 0.25) is 0 Å². The zero-order valence-electron chi connectivity index (χ0n) is 18.5. The van der Waals surface area contributed by atoms with E-state index in [1.807, 2.05) is 32.9 Å². The summed E-state index contributed by atoms with van der Waals surface area (Å²) < 4.78 is 10.8. The van der Waals surface area contributed by atoms with Crippen LogP contribution in [0.25, 0.3) is 0 Å². The molecule has 0 bridgehead atoms. The number of alkyl carbamates (subject to hydrolysis) is 1. The van der Waals surface area contributed by atoms with Crippen molar-refractivity contribution >= 4 is 6.09 Å². The summed E-state index contributed by atoms with van der Waals surface area (Å²) >= 11 is 0. The van der Waals surface area contributed by atoms with Crippen molar-refractivity contribution < 1.29 is 19.4 Å². The fraction of sp³-hybridized carbons (Fsp3) is 0.458. The van der Waals surface area contributed by atoms with Crippen LogP contribution in [0.5, 0.6) is 0 Å². The van der Waals surface area contributed by atoms with Crippen molar-refractivity contribution in [1.82, 2.24) is 15.5 Å². The molecule has 1 aliphatic rings. The van der Waals surface area contributed by atoms with E-state index in [0.29, 0.717) is 0 Å². The van der Waals surface area contributed by atoms with Crippen molar-refractivity contribution in [3.8, 4) is 0 Å². The van der Waals surface area contributed by atoms with Gasteiger partial charge in [-0.25, -0.2) is 4.79 Å². The van der Waals surface area contributed by atoms with Crippen molar-refractivity contribution in [3.05, 3.63) is 71.8 Å². The first-order chi connectivity index (χ1) is 14.8. The Kier molecular flexibility index (Phi) is 8.03. The second-order valence-corrected chi connectivity index (χ2v) is 8.80. The Morgan fingerprint density at radius 3 is 2.13 bits per heavy atom. The summed E-state index contributed by atoms with van der Waals surface area (Å²) in [6, 6.07) is 21.1. The number of benzene rings is 2. The van der Waals surface area contributed by atoms with Crippen LogP contribution >= 0.6 is 0 Å². The summed E-state index contributed by atoms with van der Waals surface area (Å²) in [5.41, 5.74) is 2.13. The van der Waals surface area contributed by atoms with Gasteiger partial charge in [0.2, 0.25) is 0 Å². The largest absolute Gasteiger partial charge is 0.445 e. The maximum absolute atomic E-state index is 11.6. The second-order valence-electron chi connectivity index (χ2n) is 8.80. The number of nitrogens with zero attached hydrogens (tertiary/aromatic N) is 1. The maximum atomic E-state index is 11.6. The average Bonchev–Trinajstić information content (AvgIpc) is 2.70. The minimum absolute atomic E-state index is 0.0831. The summed E-state index contributed by atoms with van der Waals surface area (Å²) in [4.78, 5) is 14.0. The van der Waals surface area contributed by atoms with E-state index in [4.69, 9.17) is 9.47 Å². The van der Waals surface area contributed by atoms with Gasteiger partial charge >= 0.3 is 6.09 Å². The molecule has 0 saturated carbocycles. The highest BCUT2D eigenvalue weighted by molar-refractivity contribution is 5.68. The Labute approximate surface area is 184 Å². The molecule has 0 spiro atoms. The standard InChI is InChI=1S/C24H33N3O4/c1-24(2,3)26-23(29)30-16-21(28)25-17-31-20-14-27(15-20)22(18-10-6-4-7-11-18)19-12-8-5-9-13-19/h4-13,20-22,25,28H,14-17H2,1-3H3,(H,26,29). The van der Waals surface area contributed by atoms with Crippen LogP contribution in [-0.4, -0.2) is 60.4 Å². The molecule has 1 atom stereocenters. The number of aliphatic hydroxyl groups is 1. The first kappa shape index (κ1) is 23.2. The maximum Gasteiger partial charge on any atom is 0.407 e. The van der Waals surface area contributed by atoms with Crippen LogP contribution in [-0.2, 0) is 9.47 Å². The van der Waals surface area contributed by atoms with Gasteiger partial charge in [0.25, 0.3) is 0 Å². The minimum Gasteiger partial charge on any atom is -0.445 e. The van der Waals surface area contributed by atoms with E-state index in [9.17, 15) is 9.90 Å². The summed E-state index contributed by atoms with van der Waals surface area (Å²) in [6.45, 7) is 7.22. The third-order valence-corrected chi connectivity index (χ3v) is 4.96. The number of aliphatic hydroxyl groups excluding tert-OH is 1. The average molecular weight is 428 g/mol. The van der Waals surface area contributed by atoms with Crippen LogP contribution < -0.4 is 10.6 Å². The smallest absolute Gasteiger partial charge is 0.407 e. The molecule has 2 aromatic carbocycles. The highest BCUT2D eigenvalue weighted by atomic mass is 16.6. The van der Waals surface area contributed by atoms with Gasteiger partial charge in [-0.2, -0.15) is 0 Å². The normalized spacial score (nSPS) is 16.0. The molecule has 0 aromatic heterocycles. The molecule has 1 unspecified atom stereocenters. The lowest BCUT2D eigenvalue weighted by molar-refractivity contribution is -0.0850. The molecule has 7 heteroatoms. The number of carbonyl (C=O) groups is 1. The van der Waals surface area contributed by atoms with Crippen LogP contribution in [0.3, 0.4) is 0 Å². The van der Waals surface area contributed by atoms with Crippen molar-refractivity contribution in [1.29, 1.82) is 0 Å². The van der Waals surface area contributed by atoms with Crippen LogP contribution in [0.15, 0.2) is 60.7 Å². The second kappa shape index (κ2) is 10.7. The molecular weight excluding hydrogens is 394 g/mol. The van der Waals surface area contributed by atoms with Gasteiger partial charge in [0.1, 0.15) is 12.8 Å². The molecule has 1 aliphatic heterocycles. The molecule has 168 valence electrons. The van der Waals surface area contributed by atoms with Gasteiger partial charge in [-0.1, -0.05) is 60.7 Å². The zero-order valence-corrected chi connectivity index (χ0v) is 18.5. The monoisotopic (exact) mass is 427 g/mol. The van der Waals surface area contributed by atoms with E-state index in [-0.39, 0.29) is 31.0 Å². The Balaban J connectivity index is 1.41. The Hall–Kier alpha value is -2.45. The minimum atomic E-state index is -0.983. The molecule has 1 amide bonds. The van der Waals surface area contributed by atoms with Gasteiger partial charge in [-0.15, -0.1) is 0 Å². The molecule has 0 aliphatic carbocycles. The molecule has 7 nitrogen and oxygen atoms in total. The molecule has 1 fully saturated rings. The van der Waals surface area contributed by atoms with Gasteiger partial charge in [-0.3, -0.25) is 10.2 Å². The molecule has 31 heavy (non-hydrogen) atoms. The van der Waals surface area contributed by atoms with Crippen molar-refractivity contribution in [2.24, 2.45) is 0 Å². The van der Waals surface area contributed by atoms with Crippen molar-refractivity contribution in [3.63, 3.8) is 0 Å². The zero-order chi connectivity index (χ0) is 22.3. The predicted octanol–water partition coefficient (Wildman–Crippen LogP) is 2.87. The number of carbonyl (C=O) groups excluding carboxylic acids is 1. The molecule has 3 rings (SSSR count). The van der Waals surface area contributed by atoms with Gasteiger partial charge in [0.05, 0.1) is 18.9 Å². The Bertz CT molecular complexity index is 765. The van der Waals surface area contributed by atoms with Gasteiger partial charge in [0, 0.05) is 18.6 Å². The van der Waals surface area contributed by atoms with Gasteiger partial charge < -0.3 is 19.9 Å². The number of ether oxygens (including phenoxy) is 2. The quantitative estimate of drug-likeness (QED) is 0.534. The van der Waals surface area contributed by atoms with E-state index in [1.54, 1.807) is 0 Å². The van der Waals surface area contributed by atoms with Gasteiger partial charge in [-0.05, 0) is 31.9 Å². The molecule has 2 aromatic rings. The van der Waals surface area contributed by atoms with E-state index in [2.05, 4.69) is 64.1 Å². The fourth-order valence-corrected chi connectivity index (χ4v) is 3.49. The highest BCUT2D eigenvalue weighted by Gasteiger charge is 2.34. The molecule has 3 N–H and O–H groups in total. The van der Waals surface area contributed by atoms with Crippen molar-refractivity contribution in [2.45, 2.75) is 44.7 Å². The lowest BCUT2D eigenvalue weighted by Gasteiger charge is -2.44. The first-order valence-corrected chi connectivity index (χ1v) is 10.6. The molecule has 0 radical (unpaired) electrons. The van der Waals surface area contributed by atoms with Crippen LogP contribution in [0, 0.1) is 0 Å². The van der Waals surface area contributed by atoms with E-state index in [0.717, 1.165) is 13.1 Å². The van der Waals surface area contributed by atoms with Crippen LogP contribution in [0.1, 0.15) is 37.9 Å². The number of amides is 1. The molecule has 1 heterocycles. The van der Waals surface area contributed by atoms with E-state index < -0.39 is 12.3 Å². The Morgan fingerprint density at radius 2 is 1.61 bits per heavy atom. The number of hydrogen-bond acceptors (Lipinski definition) is 6. The third-order valence-electron chi connectivity index (χ3n) is 4.96. The van der Waals surface area contributed by atoms with E-state index >= 15 is 0 Å². The summed E-state index contributed by atoms with van der Waals surface area (Å²) in [7, 11) is 0. The summed E-state index contributed by atoms with van der Waals surface area (Å²) in [6.07, 6.45) is -1.46. The van der Waals surface area contributed by atoms with E-state index in [1.165, 1.54) is 11.1 Å². The summed E-state index contributed by atoms with van der Waals surface area (Å²) in [5.74, 6) is 0. The Morgan fingerprint density at radius 1 is 1.06 bits per heavy atom. The fourth-order valence-electron chi connectivity index (χ4n) is 3.49. The number of hydrogen-bond donors (Lipinski definition) is 3.